The third-order valence-corrected chi connectivity index (χ3v) is 6.18. The second-order valence-electron chi connectivity index (χ2n) is 8.82. The number of amides is 1. The Kier molecular flexibility index (Phi) is 6.67. The summed E-state index contributed by atoms with van der Waals surface area (Å²) in [4.78, 5) is 22.6. The summed E-state index contributed by atoms with van der Waals surface area (Å²) in [7, 11) is 1.95. The van der Waals surface area contributed by atoms with Crippen molar-refractivity contribution in [2.45, 2.75) is 45.1 Å². The normalized spacial score (nSPS) is 17.5. The molecule has 1 fully saturated rings. The molecule has 8 nitrogen and oxygen atoms in total. The second-order valence-corrected chi connectivity index (χ2v) is 8.82. The molecule has 12 heteroatoms. The molecule has 0 radical (unpaired) electrons. The molecule has 1 aliphatic carbocycles. The number of carbonyl (C=O) groups is 1. The first kappa shape index (κ1) is 24.8. The van der Waals surface area contributed by atoms with Crippen molar-refractivity contribution in [3.63, 3.8) is 0 Å². The van der Waals surface area contributed by atoms with Gasteiger partial charge in [0.2, 0.25) is 5.91 Å². The molecule has 1 atom stereocenters. The average Bonchev–Trinajstić information content (AvgIpc) is 3.51. The van der Waals surface area contributed by atoms with E-state index in [0.717, 1.165) is 41.5 Å². The predicted octanol–water partition coefficient (Wildman–Crippen LogP) is 3.94. The number of carbonyl (C=O) groups excluding carboxylic acids is 1. The Morgan fingerprint density at radius 1 is 1.20 bits per heavy atom. The van der Waals surface area contributed by atoms with E-state index in [1.165, 1.54) is 12.3 Å². The van der Waals surface area contributed by atoms with Gasteiger partial charge in [-0.15, -0.1) is 0 Å². The average molecular weight is 506 g/mol. The van der Waals surface area contributed by atoms with Crippen LogP contribution in [0.2, 0.25) is 0 Å². The highest BCUT2D eigenvalue weighted by Gasteiger charge is 2.42. The highest BCUT2D eigenvalue weighted by molar-refractivity contribution is 7.59. The molecule has 186 valence electrons. The Morgan fingerprint density at radius 3 is 2.63 bits per heavy atom. The maximum absolute atomic E-state index is 12.7. The van der Waals surface area contributed by atoms with Crippen LogP contribution in [0.3, 0.4) is 0 Å². The first-order chi connectivity index (χ1) is 16.2. The summed E-state index contributed by atoms with van der Waals surface area (Å²) in [6.07, 6.45) is 2.42. The summed E-state index contributed by atoms with van der Waals surface area (Å²) in [5, 5.41) is 10.6. The number of anilines is 3. The van der Waals surface area contributed by atoms with Crippen LogP contribution in [0.5, 0.6) is 0 Å². The standard InChI is InChI=1S/C23H24F3N7O.H2S/c1-13-20-17(32(2)21(16-4-5-16)22(34)31-20)7-19(30-13)28-9-15-10-29-33(12-15)11-14-3-6-18(27-8-14)23(24,25)26;/h3,6-8,10,12,16,21H,4-5,9,11H2,1-2H3,(H,28,30)(H,31,34);1H2/t21-;/m0./s1. The van der Waals surface area contributed by atoms with Crippen LogP contribution >= 0.6 is 13.5 Å². The largest absolute Gasteiger partial charge is 0.433 e. The van der Waals surface area contributed by atoms with Crippen LogP contribution in [0.15, 0.2) is 36.8 Å². The van der Waals surface area contributed by atoms with Crippen molar-refractivity contribution < 1.29 is 18.0 Å². The summed E-state index contributed by atoms with van der Waals surface area (Å²) >= 11 is 0. The SMILES string of the molecule is Cc1nc(NCc2cnn(Cc3ccc(C(F)(F)F)nc3)c2)cc2c1NC(=O)[C@H](C1CC1)N2C.S. The highest BCUT2D eigenvalue weighted by atomic mass is 32.1. The zero-order valence-electron chi connectivity index (χ0n) is 19.2. The zero-order chi connectivity index (χ0) is 24.0. The van der Waals surface area contributed by atoms with Crippen molar-refractivity contribution in [3.8, 4) is 0 Å². The van der Waals surface area contributed by atoms with Crippen LogP contribution in [0.25, 0.3) is 0 Å². The van der Waals surface area contributed by atoms with Crippen LogP contribution in [0.1, 0.15) is 35.4 Å². The molecular weight excluding hydrogens is 479 g/mol. The lowest BCUT2D eigenvalue weighted by Crippen LogP contribution is -2.47. The van der Waals surface area contributed by atoms with E-state index in [2.05, 4.69) is 25.7 Å². The van der Waals surface area contributed by atoms with E-state index in [4.69, 9.17) is 0 Å². The number of nitrogens with one attached hydrogen (secondary N) is 2. The fourth-order valence-electron chi connectivity index (χ4n) is 4.29. The number of alkyl halides is 3. The first-order valence-corrected chi connectivity index (χ1v) is 11.0. The monoisotopic (exact) mass is 505 g/mol. The minimum Gasteiger partial charge on any atom is -0.366 e. The van der Waals surface area contributed by atoms with Gasteiger partial charge in [0, 0.05) is 37.6 Å². The van der Waals surface area contributed by atoms with Crippen molar-refractivity contribution >= 4 is 36.6 Å². The smallest absolute Gasteiger partial charge is 0.366 e. The first-order valence-electron chi connectivity index (χ1n) is 11.0. The number of likely N-dealkylation sites (N-methyl/N-ethyl adjacent to an activating group) is 1. The minimum atomic E-state index is -4.45. The number of aromatic nitrogens is 4. The Morgan fingerprint density at radius 2 is 1.97 bits per heavy atom. The fourth-order valence-corrected chi connectivity index (χ4v) is 4.29. The topological polar surface area (TPSA) is 88.0 Å². The van der Waals surface area contributed by atoms with Gasteiger partial charge in [-0.1, -0.05) is 6.07 Å². The van der Waals surface area contributed by atoms with Crippen LogP contribution in [0, 0.1) is 12.8 Å². The molecule has 4 heterocycles. The van der Waals surface area contributed by atoms with E-state index in [9.17, 15) is 18.0 Å². The van der Waals surface area contributed by atoms with Crippen molar-refractivity contribution in [2.75, 3.05) is 22.6 Å². The molecule has 5 rings (SSSR count). The zero-order valence-corrected chi connectivity index (χ0v) is 20.2. The lowest BCUT2D eigenvalue weighted by Gasteiger charge is -2.36. The molecular formula is C23H26F3N7OS. The fraction of sp³-hybridized carbons (Fsp3) is 0.391. The van der Waals surface area contributed by atoms with E-state index >= 15 is 0 Å². The van der Waals surface area contributed by atoms with Gasteiger partial charge in [0.1, 0.15) is 17.6 Å². The molecule has 3 aromatic heterocycles. The molecule has 2 aliphatic rings. The van der Waals surface area contributed by atoms with E-state index < -0.39 is 11.9 Å². The Labute approximate surface area is 207 Å². The van der Waals surface area contributed by atoms with Crippen molar-refractivity contribution in [1.29, 1.82) is 0 Å². The van der Waals surface area contributed by atoms with Gasteiger partial charge >= 0.3 is 6.18 Å². The van der Waals surface area contributed by atoms with Crippen LogP contribution in [-0.2, 0) is 24.1 Å². The van der Waals surface area contributed by atoms with Crippen LogP contribution in [-0.4, -0.2) is 38.7 Å². The van der Waals surface area contributed by atoms with Gasteiger partial charge in [-0.05, 0) is 37.3 Å². The molecule has 35 heavy (non-hydrogen) atoms. The van der Waals surface area contributed by atoms with Crippen molar-refractivity contribution in [3.05, 3.63) is 59.3 Å². The Bertz CT molecular complexity index is 1220. The third-order valence-electron chi connectivity index (χ3n) is 6.18. The molecule has 0 bridgehead atoms. The summed E-state index contributed by atoms with van der Waals surface area (Å²) in [5.74, 6) is 1.11. The second kappa shape index (κ2) is 9.40. The van der Waals surface area contributed by atoms with Gasteiger partial charge in [0.15, 0.2) is 0 Å². The predicted molar refractivity (Wildman–Crippen MR) is 131 cm³/mol. The van der Waals surface area contributed by atoms with E-state index in [1.807, 2.05) is 31.1 Å². The molecule has 0 unspecified atom stereocenters. The molecule has 1 amide bonds. The quantitative estimate of drug-likeness (QED) is 0.528. The lowest BCUT2D eigenvalue weighted by atomic mass is 10.0. The van der Waals surface area contributed by atoms with Crippen molar-refractivity contribution in [2.24, 2.45) is 5.92 Å². The maximum Gasteiger partial charge on any atom is 0.433 e. The van der Waals surface area contributed by atoms with Gasteiger partial charge in [0.25, 0.3) is 0 Å². The Hall–Kier alpha value is -3.28. The number of aryl methyl sites for hydroxylation is 1. The molecule has 1 saturated carbocycles. The number of hydrogen-bond donors (Lipinski definition) is 2. The number of pyridine rings is 2. The molecule has 2 N–H and O–H groups in total. The molecule has 0 aromatic carbocycles. The number of hydrogen-bond acceptors (Lipinski definition) is 6. The summed E-state index contributed by atoms with van der Waals surface area (Å²) in [6, 6.07) is 4.16. The van der Waals surface area contributed by atoms with Gasteiger partial charge in [-0.2, -0.15) is 31.8 Å². The van der Waals surface area contributed by atoms with Crippen LogP contribution in [0.4, 0.5) is 30.4 Å². The van der Waals surface area contributed by atoms with E-state index in [1.54, 1.807) is 10.9 Å². The summed E-state index contributed by atoms with van der Waals surface area (Å²) < 4.78 is 39.7. The molecule has 0 saturated heterocycles. The summed E-state index contributed by atoms with van der Waals surface area (Å²) in [5.41, 5.74) is 3.03. The molecule has 3 aromatic rings. The Balaban J connectivity index is 0.00000289. The van der Waals surface area contributed by atoms with Gasteiger partial charge in [-0.3, -0.25) is 14.5 Å². The number of nitrogens with zero attached hydrogens (tertiary/aromatic N) is 5. The van der Waals surface area contributed by atoms with Crippen molar-refractivity contribution in [1.82, 2.24) is 19.7 Å². The number of fused-ring (bicyclic) bond motifs is 1. The number of rotatable bonds is 6. The molecule has 1 aliphatic heterocycles. The minimum absolute atomic E-state index is 0. The van der Waals surface area contributed by atoms with Gasteiger partial charge in [-0.25, -0.2) is 4.98 Å². The van der Waals surface area contributed by atoms with Crippen LogP contribution < -0.4 is 15.5 Å². The van der Waals surface area contributed by atoms with E-state index in [-0.39, 0.29) is 25.4 Å². The van der Waals surface area contributed by atoms with Gasteiger partial charge in [0.05, 0.1) is 29.8 Å². The molecule has 0 spiro atoms. The van der Waals surface area contributed by atoms with Gasteiger partial charge < -0.3 is 15.5 Å². The third kappa shape index (κ3) is 5.21. The van der Waals surface area contributed by atoms with E-state index in [0.29, 0.717) is 30.4 Å². The lowest BCUT2D eigenvalue weighted by molar-refractivity contribution is -0.141. The number of halogens is 3. The summed E-state index contributed by atoms with van der Waals surface area (Å²) in [6.45, 7) is 2.65. The maximum atomic E-state index is 12.7. The highest BCUT2D eigenvalue weighted by Crippen LogP contribution is 2.43.